The summed E-state index contributed by atoms with van der Waals surface area (Å²) < 4.78 is 6.73. The lowest BCUT2D eigenvalue weighted by molar-refractivity contribution is 0.189. The largest absolute Gasteiger partial charge is 0.396 e. The van der Waals surface area contributed by atoms with E-state index >= 15 is 0 Å². The van der Waals surface area contributed by atoms with Gasteiger partial charge in [0.2, 0.25) is 0 Å². The standard InChI is InChI=1S/C15H19ClN2O3S/c1-21-8-2-6-18-14(20)12-5-4-11(16)10-13(12)17-15(18)22-9-3-7-19/h4-5,10,19H,2-3,6-9H2,1H3. The van der Waals surface area contributed by atoms with Crippen molar-refractivity contribution in [1.82, 2.24) is 9.55 Å². The Morgan fingerprint density at radius 1 is 1.41 bits per heavy atom. The molecule has 22 heavy (non-hydrogen) atoms. The van der Waals surface area contributed by atoms with Gasteiger partial charge in [-0.15, -0.1) is 0 Å². The number of methoxy groups -OCH3 is 1. The zero-order valence-corrected chi connectivity index (χ0v) is 14.0. The average Bonchev–Trinajstić information content (AvgIpc) is 2.50. The molecular formula is C15H19ClN2O3S. The normalized spacial score (nSPS) is 11.2. The Bertz CT molecular complexity index is 690. The average molecular weight is 343 g/mol. The van der Waals surface area contributed by atoms with Crippen LogP contribution >= 0.6 is 23.4 Å². The van der Waals surface area contributed by atoms with Gasteiger partial charge in [-0.05, 0) is 31.0 Å². The van der Waals surface area contributed by atoms with Crippen molar-refractivity contribution in [3.63, 3.8) is 0 Å². The van der Waals surface area contributed by atoms with Gasteiger partial charge in [-0.3, -0.25) is 9.36 Å². The van der Waals surface area contributed by atoms with Crippen LogP contribution in [0.3, 0.4) is 0 Å². The number of thioether (sulfide) groups is 1. The highest BCUT2D eigenvalue weighted by molar-refractivity contribution is 7.99. The Kier molecular flexibility index (Phi) is 6.70. The van der Waals surface area contributed by atoms with Crippen molar-refractivity contribution in [2.45, 2.75) is 24.5 Å². The van der Waals surface area contributed by atoms with E-state index in [9.17, 15) is 4.79 Å². The Morgan fingerprint density at radius 2 is 2.23 bits per heavy atom. The van der Waals surface area contributed by atoms with E-state index < -0.39 is 0 Å². The van der Waals surface area contributed by atoms with Crippen molar-refractivity contribution in [3.05, 3.63) is 33.6 Å². The fraction of sp³-hybridized carbons (Fsp3) is 0.467. The summed E-state index contributed by atoms with van der Waals surface area (Å²) in [6.45, 7) is 1.27. The fourth-order valence-electron chi connectivity index (χ4n) is 2.08. The highest BCUT2D eigenvalue weighted by Crippen LogP contribution is 2.21. The van der Waals surface area contributed by atoms with Crippen molar-refractivity contribution in [3.8, 4) is 0 Å². The number of hydrogen-bond acceptors (Lipinski definition) is 5. The minimum absolute atomic E-state index is 0.0655. The quantitative estimate of drug-likeness (QED) is 0.454. The van der Waals surface area contributed by atoms with Crippen molar-refractivity contribution in [1.29, 1.82) is 0 Å². The van der Waals surface area contributed by atoms with Crippen LogP contribution in [0.15, 0.2) is 28.2 Å². The van der Waals surface area contributed by atoms with Crippen molar-refractivity contribution < 1.29 is 9.84 Å². The van der Waals surface area contributed by atoms with Gasteiger partial charge >= 0.3 is 0 Å². The maximum atomic E-state index is 12.7. The molecule has 2 aromatic rings. The van der Waals surface area contributed by atoms with Crippen LogP contribution in [0.2, 0.25) is 5.02 Å². The molecule has 1 N–H and O–H groups in total. The van der Waals surface area contributed by atoms with Gasteiger partial charge in [0.1, 0.15) is 0 Å². The number of halogens is 1. The predicted octanol–water partition coefficient (Wildman–Crippen LogP) is 2.56. The molecule has 0 unspecified atom stereocenters. The van der Waals surface area contributed by atoms with Crippen molar-refractivity contribution >= 4 is 34.3 Å². The minimum Gasteiger partial charge on any atom is -0.396 e. The molecule has 0 aliphatic rings. The molecule has 0 saturated carbocycles. The van der Waals surface area contributed by atoms with E-state index in [0.717, 1.165) is 6.42 Å². The summed E-state index contributed by atoms with van der Waals surface area (Å²) in [4.78, 5) is 17.2. The van der Waals surface area contributed by atoms with E-state index in [1.807, 2.05) is 0 Å². The zero-order valence-electron chi connectivity index (χ0n) is 12.4. The summed E-state index contributed by atoms with van der Waals surface area (Å²) in [6.07, 6.45) is 1.40. The van der Waals surface area contributed by atoms with Crippen LogP contribution in [0.5, 0.6) is 0 Å². The molecule has 5 nitrogen and oxygen atoms in total. The summed E-state index contributed by atoms with van der Waals surface area (Å²) in [5.41, 5.74) is 0.538. The predicted molar refractivity (Wildman–Crippen MR) is 89.9 cm³/mol. The van der Waals surface area contributed by atoms with Crippen LogP contribution in [0.4, 0.5) is 0 Å². The summed E-state index contributed by atoms with van der Waals surface area (Å²) in [6, 6.07) is 5.11. The zero-order chi connectivity index (χ0) is 15.9. The molecule has 7 heteroatoms. The van der Waals surface area contributed by atoms with Crippen LogP contribution in [-0.2, 0) is 11.3 Å². The van der Waals surface area contributed by atoms with E-state index in [0.29, 0.717) is 46.4 Å². The van der Waals surface area contributed by atoms with Gasteiger partial charge in [-0.25, -0.2) is 4.98 Å². The Morgan fingerprint density at radius 3 is 2.95 bits per heavy atom. The van der Waals surface area contributed by atoms with Crippen LogP contribution < -0.4 is 5.56 Å². The second-order valence-electron chi connectivity index (χ2n) is 4.78. The summed E-state index contributed by atoms with van der Waals surface area (Å²) >= 11 is 7.46. The molecule has 0 saturated heterocycles. The first-order chi connectivity index (χ1) is 10.7. The van der Waals surface area contributed by atoms with Crippen LogP contribution in [0.25, 0.3) is 10.9 Å². The first kappa shape index (κ1) is 17.3. The van der Waals surface area contributed by atoms with Gasteiger partial charge in [0.05, 0.1) is 10.9 Å². The van der Waals surface area contributed by atoms with E-state index in [-0.39, 0.29) is 12.2 Å². The van der Waals surface area contributed by atoms with E-state index in [1.54, 1.807) is 29.9 Å². The number of fused-ring (bicyclic) bond motifs is 1. The lowest BCUT2D eigenvalue weighted by Gasteiger charge is -2.13. The Labute approximate surface area is 138 Å². The monoisotopic (exact) mass is 342 g/mol. The SMILES string of the molecule is COCCCn1c(SCCCO)nc2cc(Cl)ccc2c1=O. The molecule has 0 atom stereocenters. The number of rotatable bonds is 8. The first-order valence-electron chi connectivity index (χ1n) is 7.10. The van der Waals surface area contributed by atoms with Crippen molar-refractivity contribution in [2.75, 3.05) is 26.1 Å². The van der Waals surface area contributed by atoms with E-state index in [1.165, 1.54) is 11.8 Å². The van der Waals surface area contributed by atoms with Gasteiger partial charge in [-0.2, -0.15) is 0 Å². The summed E-state index contributed by atoms with van der Waals surface area (Å²) in [5.74, 6) is 0.708. The van der Waals surface area contributed by atoms with Gasteiger partial charge in [0.25, 0.3) is 5.56 Å². The number of ether oxygens (including phenoxy) is 1. The van der Waals surface area contributed by atoms with Crippen LogP contribution in [-0.4, -0.2) is 40.7 Å². The highest BCUT2D eigenvalue weighted by Gasteiger charge is 2.11. The summed E-state index contributed by atoms with van der Waals surface area (Å²) in [7, 11) is 1.64. The first-order valence-corrected chi connectivity index (χ1v) is 8.46. The topological polar surface area (TPSA) is 64.3 Å². The molecule has 0 aliphatic carbocycles. The molecule has 0 aliphatic heterocycles. The van der Waals surface area contributed by atoms with E-state index in [2.05, 4.69) is 4.98 Å². The number of benzene rings is 1. The highest BCUT2D eigenvalue weighted by atomic mass is 35.5. The van der Waals surface area contributed by atoms with Gasteiger partial charge in [-0.1, -0.05) is 23.4 Å². The molecule has 120 valence electrons. The lowest BCUT2D eigenvalue weighted by Crippen LogP contribution is -2.24. The number of hydrogen-bond donors (Lipinski definition) is 1. The second kappa shape index (κ2) is 8.53. The third-order valence-electron chi connectivity index (χ3n) is 3.15. The Balaban J connectivity index is 2.41. The molecule has 1 heterocycles. The molecule has 0 amide bonds. The molecular weight excluding hydrogens is 324 g/mol. The molecule has 2 rings (SSSR count). The Hall–Kier alpha value is -1.08. The molecule has 0 fully saturated rings. The van der Waals surface area contributed by atoms with Gasteiger partial charge in [0.15, 0.2) is 5.16 Å². The molecule has 1 aromatic heterocycles. The summed E-state index contributed by atoms with van der Waals surface area (Å²) in [5, 5.41) is 10.7. The van der Waals surface area contributed by atoms with Crippen molar-refractivity contribution in [2.24, 2.45) is 0 Å². The third kappa shape index (κ3) is 4.23. The maximum Gasteiger partial charge on any atom is 0.262 e. The molecule has 0 radical (unpaired) electrons. The maximum absolute atomic E-state index is 12.7. The lowest BCUT2D eigenvalue weighted by atomic mass is 10.2. The van der Waals surface area contributed by atoms with Crippen LogP contribution in [0.1, 0.15) is 12.8 Å². The fourth-order valence-corrected chi connectivity index (χ4v) is 3.19. The number of aliphatic hydroxyl groups excluding tert-OH is 1. The van der Waals surface area contributed by atoms with Gasteiger partial charge in [0, 0.05) is 37.6 Å². The molecule has 1 aromatic carbocycles. The number of nitrogens with zero attached hydrogens (tertiary/aromatic N) is 2. The van der Waals surface area contributed by atoms with Gasteiger partial charge < -0.3 is 9.84 Å². The minimum atomic E-state index is -0.0655. The van der Waals surface area contributed by atoms with Crippen LogP contribution in [0, 0.1) is 0 Å². The molecule has 0 spiro atoms. The smallest absolute Gasteiger partial charge is 0.262 e. The second-order valence-corrected chi connectivity index (χ2v) is 6.28. The third-order valence-corrected chi connectivity index (χ3v) is 4.44. The number of aliphatic hydroxyl groups is 1. The molecule has 0 bridgehead atoms. The van der Waals surface area contributed by atoms with E-state index in [4.69, 9.17) is 21.4 Å². The number of aromatic nitrogens is 2.